The van der Waals surface area contributed by atoms with E-state index in [1.54, 1.807) is 18.3 Å². The van der Waals surface area contributed by atoms with Gasteiger partial charge in [-0.3, -0.25) is 4.79 Å². The Morgan fingerprint density at radius 2 is 1.79 bits per heavy atom. The summed E-state index contributed by atoms with van der Waals surface area (Å²) in [5.74, 6) is 1.96. The van der Waals surface area contributed by atoms with Crippen LogP contribution in [0.15, 0.2) is 54.7 Å². The Labute approximate surface area is 163 Å². The number of nitrogens with zero attached hydrogens (tertiary/aromatic N) is 1. The molecule has 6 heteroatoms. The van der Waals surface area contributed by atoms with Gasteiger partial charge in [0.25, 0.3) is 5.91 Å². The second-order valence-electron chi connectivity index (χ2n) is 6.80. The first-order chi connectivity index (χ1) is 13.6. The number of anilines is 2. The average molecular weight is 375 g/mol. The molecular weight excluding hydrogens is 354 g/mol. The molecule has 0 saturated heterocycles. The molecule has 2 N–H and O–H groups in total. The summed E-state index contributed by atoms with van der Waals surface area (Å²) in [6.07, 6.45) is 1.62. The summed E-state index contributed by atoms with van der Waals surface area (Å²) in [6, 6.07) is 15.2. The van der Waals surface area contributed by atoms with Crippen LogP contribution in [0.3, 0.4) is 0 Å². The Morgan fingerprint density at radius 1 is 1.00 bits per heavy atom. The number of aromatic nitrogens is 1. The minimum absolute atomic E-state index is 0.168. The standard InChI is InChI=1S/C22H21N3O3/c1-14-7-15(2)9-18(8-14)25-22(26)17-5-6-23-21(11-17)24-12-16-3-4-19-20(10-16)28-13-27-19/h3-11H,12-13H2,1-2H3,(H,23,24)(H,25,26). The van der Waals surface area contributed by atoms with Crippen LogP contribution >= 0.6 is 0 Å². The van der Waals surface area contributed by atoms with Crippen molar-refractivity contribution < 1.29 is 14.3 Å². The fourth-order valence-corrected chi connectivity index (χ4v) is 3.16. The number of rotatable bonds is 5. The normalized spacial score (nSPS) is 11.9. The number of nitrogens with one attached hydrogen (secondary N) is 2. The second kappa shape index (κ2) is 7.60. The molecule has 1 amide bonds. The van der Waals surface area contributed by atoms with E-state index in [1.807, 2.05) is 44.2 Å². The maximum absolute atomic E-state index is 12.6. The second-order valence-corrected chi connectivity index (χ2v) is 6.80. The summed E-state index contributed by atoms with van der Waals surface area (Å²) in [7, 11) is 0. The molecule has 2 aromatic carbocycles. The van der Waals surface area contributed by atoms with Gasteiger partial charge in [-0.05, 0) is 66.9 Å². The minimum Gasteiger partial charge on any atom is -0.454 e. The molecule has 0 unspecified atom stereocenters. The largest absolute Gasteiger partial charge is 0.454 e. The molecule has 1 aliphatic heterocycles. The van der Waals surface area contributed by atoms with Gasteiger partial charge in [0.05, 0.1) is 0 Å². The van der Waals surface area contributed by atoms with Crippen molar-refractivity contribution in [1.82, 2.24) is 4.98 Å². The molecule has 0 aliphatic carbocycles. The highest BCUT2D eigenvalue weighted by molar-refractivity contribution is 6.04. The number of carbonyl (C=O) groups excluding carboxylic acids is 1. The lowest BCUT2D eigenvalue weighted by atomic mass is 10.1. The van der Waals surface area contributed by atoms with Crippen molar-refractivity contribution in [3.05, 3.63) is 77.0 Å². The summed E-state index contributed by atoms with van der Waals surface area (Å²) in [6.45, 7) is 4.83. The van der Waals surface area contributed by atoms with Gasteiger partial charge in [-0.25, -0.2) is 4.98 Å². The van der Waals surface area contributed by atoms with E-state index in [0.717, 1.165) is 33.9 Å². The predicted octanol–water partition coefficient (Wildman–Crippen LogP) is 4.29. The first kappa shape index (κ1) is 17.9. The molecule has 0 bridgehead atoms. The summed E-state index contributed by atoms with van der Waals surface area (Å²) < 4.78 is 10.7. The Bertz CT molecular complexity index is 1010. The minimum atomic E-state index is -0.168. The molecule has 0 radical (unpaired) electrons. The van der Waals surface area contributed by atoms with E-state index in [9.17, 15) is 4.79 Å². The lowest BCUT2D eigenvalue weighted by molar-refractivity contribution is 0.102. The fourth-order valence-electron chi connectivity index (χ4n) is 3.16. The molecule has 0 fully saturated rings. The van der Waals surface area contributed by atoms with Crippen LogP contribution in [0.25, 0.3) is 0 Å². The average Bonchev–Trinajstić information content (AvgIpc) is 3.13. The number of hydrogen-bond donors (Lipinski definition) is 2. The predicted molar refractivity (Wildman–Crippen MR) is 108 cm³/mol. The van der Waals surface area contributed by atoms with E-state index < -0.39 is 0 Å². The quantitative estimate of drug-likeness (QED) is 0.696. The van der Waals surface area contributed by atoms with Gasteiger partial charge in [0.2, 0.25) is 6.79 Å². The van der Waals surface area contributed by atoms with Crippen LogP contribution in [0, 0.1) is 13.8 Å². The molecule has 2 heterocycles. The van der Waals surface area contributed by atoms with Crippen LogP contribution in [0.1, 0.15) is 27.0 Å². The smallest absolute Gasteiger partial charge is 0.255 e. The molecule has 4 rings (SSSR count). The number of hydrogen-bond acceptors (Lipinski definition) is 5. The third-order valence-electron chi connectivity index (χ3n) is 4.41. The van der Waals surface area contributed by atoms with E-state index >= 15 is 0 Å². The SMILES string of the molecule is Cc1cc(C)cc(NC(=O)c2ccnc(NCc3ccc4c(c3)OCO4)c2)c1. The fraction of sp³-hybridized carbons (Fsp3) is 0.182. The zero-order valence-electron chi connectivity index (χ0n) is 15.8. The van der Waals surface area contributed by atoms with Crippen molar-refractivity contribution >= 4 is 17.4 Å². The molecular formula is C22H21N3O3. The summed E-state index contributed by atoms with van der Waals surface area (Å²) in [4.78, 5) is 16.9. The molecule has 1 aromatic heterocycles. The van der Waals surface area contributed by atoms with Crippen molar-refractivity contribution in [2.75, 3.05) is 17.4 Å². The molecule has 0 spiro atoms. The van der Waals surface area contributed by atoms with Crippen molar-refractivity contribution in [1.29, 1.82) is 0 Å². The number of fused-ring (bicyclic) bond motifs is 1. The van der Waals surface area contributed by atoms with Gasteiger partial charge in [0.1, 0.15) is 5.82 Å². The molecule has 142 valence electrons. The number of benzene rings is 2. The number of amides is 1. The van der Waals surface area contributed by atoms with E-state index in [0.29, 0.717) is 17.9 Å². The first-order valence-corrected chi connectivity index (χ1v) is 9.05. The third-order valence-corrected chi connectivity index (χ3v) is 4.41. The zero-order chi connectivity index (χ0) is 19.5. The van der Waals surface area contributed by atoms with Gasteiger partial charge in [-0.15, -0.1) is 0 Å². The van der Waals surface area contributed by atoms with Crippen LogP contribution in [0.2, 0.25) is 0 Å². The van der Waals surface area contributed by atoms with Gasteiger partial charge >= 0.3 is 0 Å². The maximum atomic E-state index is 12.6. The van der Waals surface area contributed by atoms with Crippen LogP contribution in [-0.4, -0.2) is 17.7 Å². The lowest BCUT2D eigenvalue weighted by Gasteiger charge is -2.10. The molecule has 3 aromatic rings. The van der Waals surface area contributed by atoms with Crippen molar-refractivity contribution in [2.24, 2.45) is 0 Å². The monoisotopic (exact) mass is 375 g/mol. The molecule has 28 heavy (non-hydrogen) atoms. The Morgan fingerprint density at radius 3 is 2.61 bits per heavy atom. The Hall–Kier alpha value is -3.54. The molecule has 0 atom stereocenters. The Balaban J connectivity index is 1.43. The summed E-state index contributed by atoms with van der Waals surface area (Å²) >= 11 is 0. The van der Waals surface area contributed by atoms with Crippen molar-refractivity contribution in [3.63, 3.8) is 0 Å². The van der Waals surface area contributed by atoms with Gasteiger partial charge in [-0.2, -0.15) is 0 Å². The number of ether oxygens (including phenoxy) is 2. The van der Waals surface area contributed by atoms with Gasteiger partial charge < -0.3 is 20.1 Å². The van der Waals surface area contributed by atoms with Crippen LogP contribution in [0.4, 0.5) is 11.5 Å². The number of pyridine rings is 1. The zero-order valence-corrected chi connectivity index (χ0v) is 15.8. The topological polar surface area (TPSA) is 72.5 Å². The van der Waals surface area contributed by atoms with E-state index in [2.05, 4.69) is 21.7 Å². The van der Waals surface area contributed by atoms with E-state index in [4.69, 9.17) is 9.47 Å². The summed E-state index contributed by atoms with van der Waals surface area (Å²) in [5.41, 5.74) is 4.58. The van der Waals surface area contributed by atoms with Gasteiger partial charge in [0, 0.05) is 24.0 Å². The van der Waals surface area contributed by atoms with Crippen molar-refractivity contribution in [2.45, 2.75) is 20.4 Å². The van der Waals surface area contributed by atoms with Gasteiger partial charge in [-0.1, -0.05) is 12.1 Å². The van der Waals surface area contributed by atoms with Crippen LogP contribution < -0.4 is 20.1 Å². The molecule has 1 aliphatic rings. The number of carbonyl (C=O) groups is 1. The van der Waals surface area contributed by atoms with Crippen molar-refractivity contribution in [3.8, 4) is 11.5 Å². The first-order valence-electron chi connectivity index (χ1n) is 9.05. The molecule has 0 saturated carbocycles. The highest BCUT2D eigenvalue weighted by Gasteiger charge is 2.13. The maximum Gasteiger partial charge on any atom is 0.255 e. The Kier molecular flexibility index (Phi) is 4.85. The lowest BCUT2D eigenvalue weighted by Crippen LogP contribution is -2.13. The van der Waals surface area contributed by atoms with Crippen LogP contribution in [-0.2, 0) is 6.54 Å². The summed E-state index contributed by atoms with van der Waals surface area (Å²) in [5, 5.41) is 6.19. The van der Waals surface area contributed by atoms with Crippen LogP contribution in [0.5, 0.6) is 11.5 Å². The highest BCUT2D eigenvalue weighted by atomic mass is 16.7. The number of aryl methyl sites for hydroxylation is 2. The molecule has 6 nitrogen and oxygen atoms in total. The van der Waals surface area contributed by atoms with E-state index in [1.165, 1.54) is 0 Å². The van der Waals surface area contributed by atoms with E-state index in [-0.39, 0.29) is 12.7 Å². The highest BCUT2D eigenvalue weighted by Crippen LogP contribution is 2.32. The van der Waals surface area contributed by atoms with Gasteiger partial charge in [0.15, 0.2) is 11.5 Å². The third kappa shape index (κ3) is 4.06.